The minimum absolute atomic E-state index is 0.0175. The molecule has 0 aromatic heterocycles. The van der Waals surface area contributed by atoms with Crippen molar-refractivity contribution >= 4 is 17.8 Å². The molecule has 2 fully saturated rings. The van der Waals surface area contributed by atoms with Crippen LogP contribution < -0.4 is 5.32 Å². The molecular formula is C22H23NO4. The molecule has 0 bridgehead atoms. The maximum Gasteiger partial charge on any atom is 0.373 e. The van der Waals surface area contributed by atoms with E-state index in [0.29, 0.717) is 17.3 Å². The maximum atomic E-state index is 11.9. The Morgan fingerprint density at radius 2 is 1.59 bits per heavy atom. The largest absolute Gasteiger partial charge is 0.373 e. The van der Waals surface area contributed by atoms with Gasteiger partial charge in [-0.1, -0.05) is 48.5 Å². The van der Waals surface area contributed by atoms with Crippen LogP contribution in [0, 0.1) is 11.8 Å². The Morgan fingerprint density at radius 1 is 1.04 bits per heavy atom. The summed E-state index contributed by atoms with van der Waals surface area (Å²) in [5, 5.41) is 2.97. The van der Waals surface area contributed by atoms with Gasteiger partial charge < -0.3 is 5.32 Å². The van der Waals surface area contributed by atoms with Crippen LogP contribution in [0.25, 0.3) is 0 Å². The Balaban J connectivity index is 0.000000213. The Labute approximate surface area is 158 Å². The highest BCUT2D eigenvalue weighted by atomic mass is 16.2. The lowest BCUT2D eigenvalue weighted by Gasteiger charge is -2.14. The van der Waals surface area contributed by atoms with Crippen LogP contribution in [-0.2, 0) is 14.4 Å². The first-order valence-electron chi connectivity index (χ1n) is 8.99. The number of fused-ring (bicyclic) bond motifs is 1. The number of hydrogen-bond acceptors (Lipinski definition) is 4. The lowest BCUT2D eigenvalue weighted by atomic mass is 10.1. The van der Waals surface area contributed by atoms with E-state index in [1.165, 1.54) is 12.8 Å². The number of carbonyl (C=O) groups excluding carboxylic acids is 4. The maximum absolute atomic E-state index is 11.9. The molecule has 0 radical (unpaired) electrons. The summed E-state index contributed by atoms with van der Waals surface area (Å²) in [6.45, 7) is 1.98. The van der Waals surface area contributed by atoms with E-state index in [0.717, 1.165) is 17.9 Å². The number of benzene rings is 2. The van der Waals surface area contributed by atoms with Crippen LogP contribution in [0.3, 0.4) is 0 Å². The van der Waals surface area contributed by atoms with Crippen molar-refractivity contribution in [2.45, 2.75) is 32.2 Å². The molecule has 0 aliphatic heterocycles. The molecule has 2 aromatic carbocycles. The van der Waals surface area contributed by atoms with Crippen LogP contribution in [0.5, 0.6) is 0 Å². The Hall–Kier alpha value is -3.04. The van der Waals surface area contributed by atoms with Crippen molar-refractivity contribution in [3.05, 3.63) is 71.8 Å². The van der Waals surface area contributed by atoms with Crippen LogP contribution in [0.4, 0.5) is 0 Å². The second kappa shape index (κ2) is 10.2. The molecule has 4 rings (SSSR count). The van der Waals surface area contributed by atoms with E-state index in [1.807, 2.05) is 67.6 Å². The minimum atomic E-state index is -0.0399. The summed E-state index contributed by atoms with van der Waals surface area (Å²) in [6.07, 6.45) is 3.55. The lowest BCUT2D eigenvalue weighted by Crippen LogP contribution is -2.26. The van der Waals surface area contributed by atoms with Gasteiger partial charge in [-0.05, 0) is 43.4 Å². The van der Waals surface area contributed by atoms with Crippen molar-refractivity contribution in [3.63, 3.8) is 0 Å². The molecule has 3 atom stereocenters. The number of carbonyl (C=O) groups is 2. The van der Waals surface area contributed by atoms with Crippen LogP contribution >= 0.6 is 0 Å². The Bertz CT molecular complexity index is 782. The van der Waals surface area contributed by atoms with Gasteiger partial charge in [0.05, 0.1) is 6.04 Å². The lowest BCUT2D eigenvalue weighted by molar-refractivity contribution is -0.191. The number of hydrogen-bond donors (Lipinski definition) is 1. The molecule has 0 spiro atoms. The summed E-state index contributed by atoms with van der Waals surface area (Å²) in [6, 6.07) is 19.2. The predicted octanol–water partition coefficient (Wildman–Crippen LogP) is 3.58. The molecule has 2 aromatic rings. The summed E-state index contributed by atoms with van der Waals surface area (Å²) in [7, 11) is 0. The normalized spacial score (nSPS) is 19.8. The summed E-state index contributed by atoms with van der Waals surface area (Å²) in [5.41, 5.74) is 1.80. The van der Waals surface area contributed by atoms with E-state index in [1.54, 1.807) is 0 Å². The van der Waals surface area contributed by atoms with Crippen molar-refractivity contribution in [1.29, 1.82) is 0 Å². The van der Waals surface area contributed by atoms with Crippen LogP contribution in [0.15, 0.2) is 60.7 Å². The Kier molecular flexibility index (Phi) is 7.65. The Morgan fingerprint density at radius 3 is 2.00 bits per heavy atom. The molecule has 5 heteroatoms. The van der Waals surface area contributed by atoms with Crippen molar-refractivity contribution in [2.24, 2.45) is 11.8 Å². The fraction of sp³-hybridized carbons (Fsp3) is 0.318. The van der Waals surface area contributed by atoms with Gasteiger partial charge in [0.2, 0.25) is 0 Å². The zero-order valence-electron chi connectivity index (χ0n) is 15.3. The van der Waals surface area contributed by atoms with Gasteiger partial charge in [0.25, 0.3) is 5.91 Å². The highest BCUT2D eigenvalue weighted by molar-refractivity contribution is 5.94. The molecular weight excluding hydrogens is 342 g/mol. The fourth-order valence-corrected chi connectivity index (χ4v) is 3.17. The van der Waals surface area contributed by atoms with Crippen LogP contribution in [0.1, 0.15) is 48.1 Å². The van der Waals surface area contributed by atoms with Gasteiger partial charge in [0.1, 0.15) is 5.78 Å². The third kappa shape index (κ3) is 6.32. The van der Waals surface area contributed by atoms with E-state index in [-0.39, 0.29) is 18.1 Å². The van der Waals surface area contributed by atoms with Crippen molar-refractivity contribution in [2.75, 3.05) is 0 Å². The van der Waals surface area contributed by atoms with Gasteiger partial charge in [0.15, 0.2) is 0 Å². The molecule has 1 amide bonds. The number of nitrogens with one attached hydrogen (secondary N) is 1. The van der Waals surface area contributed by atoms with E-state index in [2.05, 4.69) is 5.32 Å². The van der Waals surface area contributed by atoms with Gasteiger partial charge in [-0.3, -0.25) is 9.59 Å². The summed E-state index contributed by atoms with van der Waals surface area (Å²) in [5.74, 6) is 1.87. The van der Waals surface area contributed by atoms with Crippen LogP contribution in [0.2, 0.25) is 0 Å². The van der Waals surface area contributed by atoms with Gasteiger partial charge in [0, 0.05) is 17.9 Å². The molecule has 0 unspecified atom stereocenters. The van der Waals surface area contributed by atoms with Crippen molar-refractivity contribution in [1.82, 2.24) is 5.32 Å². The van der Waals surface area contributed by atoms with Crippen molar-refractivity contribution in [3.8, 4) is 0 Å². The van der Waals surface area contributed by atoms with Gasteiger partial charge >= 0.3 is 6.15 Å². The first kappa shape index (κ1) is 20.3. The molecule has 0 heterocycles. The van der Waals surface area contributed by atoms with Gasteiger partial charge in [-0.25, -0.2) is 0 Å². The highest BCUT2D eigenvalue weighted by Crippen LogP contribution is 2.49. The summed E-state index contributed by atoms with van der Waals surface area (Å²) < 4.78 is 0. The predicted molar refractivity (Wildman–Crippen MR) is 99.6 cm³/mol. The van der Waals surface area contributed by atoms with E-state index in [9.17, 15) is 9.59 Å². The molecule has 5 nitrogen and oxygen atoms in total. The standard InChI is InChI=1S/C15H15NO.C6H8O.CO2/c1-12(13-8-4-2-5-9-13)16-15(17)14-10-6-3-7-11-14;7-6-2-1-4-3-5(4)6;2-1-3/h2-12H,1H3,(H,16,17);4-5H,1-3H2;/t12-;4-,5+;/m00./s1. The molecule has 2 aliphatic carbocycles. The first-order chi connectivity index (χ1) is 13.1. The molecule has 27 heavy (non-hydrogen) atoms. The molecule has 2 aliphatic rings. The molecule has 140 valence electrons. The second-order valence-electron chi connectivity index (χ2n) is 6.66. The van der Waals surface area contributed by atoms with Crippen molar-refractivity contribution < 1.29 is 19.2 Å². The summed E-state index contributed by atoms with van der Waals surface area (Å²) in [4.78, 5) is 38.8. The second-order valence-corrected chi connectivity index (χ2v) is 6.66. The van der Waals surface area contributed by atoms with Crippen LogP contribution in [-0.4, -0.2) is 17.8 Å². The average Bonchev–Trinajstić information content (AvgIpc) is 3.40. The average molecular weight is 365 g/mol. The van der Waals surface area contributed by atoms with E-state index in [4.69, 9.17) is 9.59 Å². The van der Waals surface area contributed by atoms with E-state index >= 15 is 0 Å². The topological polar surface area (TPSA) is 80.3 Å². The van der Waals surface area contributed by atoms with E-state index < -0.39 is 0 Å². The number of ketones is 1. The number of rotatable bonds is 3. The monoisotopic (exact) mass is 365 g/mol. The third-order valence-corrected chi connectivity index (χ3v) is 4.78. The molecule has 2 saturated carbocycles. The number of amides is 1. The molecule has 1 N–H and O–H groups in total. The summed E-state index contributed by atoms with van der Waals surface area (Å²) >= 11 is 0. The zero-order chi connectivity index (χ0) is 19.6. The van der Waals surface area contributed by atoms with Gasteiger partial charge in [-0.15, -0.1) is 0 Å². The SMILES string of the molecule is C[C@H](NC(=O)c1ccccc1)c1ccccc1.O=C1CC[C@H]2C[C@@H]12.O=C=O. The van der Waals surface area contributed by atoms with Gasteiger partial charge in [-0.2, -0.15) is 9.59 Å². The zero-order valence-corrected chi connectivity index (χ0v) is 15.3. The highest BCUT2D eigenvalue weighted by Gasteiger charge is 2.47. The molecule has 0 saturated heterocycles. The smallest absolute Gasteiger partial charge is 0.346 e. The minimum Gasteiger partial charge on any atom is -0.346 e. The first-order valence-corrected chi connectivity index (χ1v) is 8.99. The quantitative estimate of drug-likeness (QED) is 0.901. The fourth-order valence-electron chi connectivity index (χ4n) is 3.17. The number of Topliss-reactive ketones (excluding diaryl/α,β-unsaturated/α-hetero) is 1. The third-order valence-electron chi connectivity index (χ3n) is 4.78.